The molecule has 0 N–H and O–H groups in total. The first kappa shape index (κ1) is 14.4. The Hall–Kier alpha value is -2.06. The van der Waals surface area contributed by atoms with Crippen LogP contribution in [0.2, 0.25) is 0 Å². The SMILES string of the molecule is Cc1ccc(S(=O)(=O)n2ccc(CCCC#N)c2)cc1. The number of benzene rings is 1. The summed E-state index contributed by atoms with van der Waals surface area (Å²) in [6.07, 6.45) is 5.11. The van der Waals surface area contributed by atoms with E-state index < -0.39 is 10.0 Å². The molecule has 1 aromatic carbocycles. The van der Waals surface area contributed by atoms with Crippen molar-refractivity contribution in [2.24, 2.45) is 0 Å². The molecule has 0 fully saturated rings. The second kappa shape index (κ2) is 5.93. The zero-order chi connectivity index (χ0) is 14.6. The first-order valence-corrected chi connectivity index (χ1v) is 7.84. The standard InChI is InChI=1S/C15H16N2O2S/c1-13-5-7-15(8-6-13)20(18,19)17-11-9-14(12-17)4-2-3-10-16/h5-9,11-12H,2-4H2,1H3. The Balaban J connectivity index is 2.22. The van der Waals surface area contributed by atoms with E-state index in [4.69, 9.17) is 5.26 Å². The number of hydrogen-bond donors (Lipinski definition) is 0. The lowest BCUT2D eigenvalue weighted by Gasteiger charge is -2.05. The molecule has 4 nitrogen and oxygen atoms in total. The second-order valence-corrected chi connectivity index (χ2v) is 6.52. The fourth-order valence-corrected chi connectivity index (χ4v) is 3.14. The Morgan fingerprint density at radius 3 is 2.55 bits per heavy atom. The van der Waals surface area contributed by atoms with Gasteiger partial charge in [-0.25, -0.2) is 12.4 Å². The third-order valence-electron chi connectivity index (χ3n) is 3.08. The van der Waals surface area contributed by atoms with E-state index in [-0.39, 0.29) is 4.90 Å². The summed E-state index contributed by atoms with van der Waals surface area (Å²) in [6, 6.07) is 10.6. The molecule has 2 aromatic rings. The van der Waals surface area contributed by atoms with Crippen LogP contribution in [0, 0.1) is 18.3 Å². The highest BCUT2D eigenvalue weighted by Gasteiger charge is 2.16. The smallest absolute Gasteiger partial charge is 0.249 e. The van der Waals surface area contributed by atoms with Gasteiger partial charge in [-0.05, 0) is 43.5 Å². The third kappa shape index (κ3) is 3.09. The number of nitrogens with zero attached hydrogens (tertiary/aromatic N) is 2. The van der Waals surface area contributed by atoms with Gasteiger partial charge in [0.25, 0.3) is 10.0 Å². The van der Waals surface area contributed by atoms with Gasteiger partial charge in [0.05, 0.1) is 11.0 Å². The molecule has 0 atom stereocenters. The van der Waals surface area contributed by atoms with E-state index in [2.05, 4.69) is 6.07 Å². The van der Waals surface area contributed by atoms with Crippen molar-refractivity contribution in [3.63, 3.8) is 0 Å². The zero-order valence-corrected chi connectivity index (χ0v) is 12.1. The molecule has 104 valence electrons. The summed E-state index contributed by atoms with van der Waals surface area (Å²) in [5.74, 6) is 0. The number of unbranched alkanes of at least 4 members (excludes halogenated alkanes) is 1. The van der Waals surface area contributed by atoms with Gasteiger partial charge in [0.15, 0.2) is 0 Å². The van der Waals surface area contributed by atoms with Gasteiger partial charge in [0.1, 0.15) is 0 Å². The minimum atomic E-state index is -3.51. The van der Waals surface area contributed by atoms with Crippen LogP contribution >= 0.6 is 0 Å². The maximum absolute atomic E-state index is 12.4. The van der Waals surface area contributed by atoms with Gasteiger partial charge in [0.2, 0.25) is 0 Å². The van der Waals surface area contributed by atoms with Crippen molar-refractivity contribution in [1.82, 2.24) is 3.97 Å². The number of rotatable bonds is 5. The van der Waals surface area contributed by atoms with Crippen LogP contribution in [0.5, 0.6) is 0 Å². The molecule has 5 heteroatoms. The van der Waals surface area contributed by atoms with Crippen molar-refractivity contribution < 1.29 is 8.42 Å². The van der Waals surface area contributed by atoms with Crippen LogP contribution < -0.4 is 0 Å². The molecular formula is C15H16N2O2S. The van der Waals surface area contributed by atoms with Gasteiger partial charge < -0.3 is 0 Å². The number of aryl methyl sites for hydroxylation is 2. The van der Waals surface area contributed by atoms with E-state index in [0.717, 1.165) is 17.5 Å². The topological polar surface area (TPSA) is 62.9 Å². The minimum absolute atomic E-state index is 0.280. The minimum Gasteiger partial charge on any atom is -0.249 e. The molecule has 0 saturated heterocycles. The van der Waals surface area contributed by atoms with Gasteiger partial charge >= 0.3 is 0 Å². The maximum atomic E-state index is 12.4. The molecule has 2 rings (SSSR count). The normalized spacial score (nSPS) is 11.2. The average molecular weight is 288 g/mol. The summed E-state index contributed by atoms with van der Waals surface area (Å²) in [4.78, 5) is 0.280. The Labute approximate surface area is 119 Å². The van der Waals surface area contributed by atoms with Crippen molar-refractivity contribution in [3.8, 4) is 6.07 Å². The molecular weight excluding hydrogens is 272 g/mol. The first-order chi connectivity index (χ1) is 9.54. The van der Waals surface area contributed by atoms with Crippen LogP contribution in [0.25, 0.3) is 0 Å². The van der Waals surface area contributed by atoms with E-state index in [1.165, 1.54) is 3.97 Å². The quantitative estimate of drug-likeness (QED) is 0.795. The molecule has 20 heavy (non-hydrogen) atoms. The van der Waals surface area contributed by atoms with Crippen molar-refractivity contribution in [2.45, 2.75) is 31.1 Å². The predicted molar refractivity (Wildman–Crippen MR) is 76.7 cm³/mol. The summed E-state index contributed by atoms with van der Waals surface area (Å²) in [5, 5.41) is 8.50. The molecule has 0 amide bonds. The Morgan fingerprint density at radius 1 is 1.20 bits per heavy atom. The average Bonchev–Trinajstić information content (AvgIpc) is 2.89. The number of aromatic nitrogens is 1. The van der Waals surface area contributed by atoms with Gasteiger partial charge in [0, 0.05) is 18.8 Å². The molecule has 0 bridgehead atoms. The fourth-order valence-electron chi connectivity index (χ4n) is 1.92. The van der Waals surface area contributed by atoms with Gasteiger partial charge in [-0.3, -0.25) is 0 Å². The van der Waals surface area contributed by atoms with Crippen molar-refractivity contribution >= 4 is 10.0 Å². The Morgan fingerprint density at radius 2 is 1.90 bits per heavy atom. The lowest BCUT2D eigenvalue weighted by molar-refractivity contribution is 0.587. The largest absolute Gasteiger partial charge is 0.267 e. The van der Waals surface area contributed by atoms with E-state index in [0.29, 0.717) is 12.8 Å². The lowest BCUT2D eigenvalue weighted by Crippen LogP contribution is -2.10. The van der Waals surface area contributed by atoms with E-state index in [9.17, 15) is 8.42 Å². The highest BCUT2D eigenvalue weighted by atomic mass is 32.2. The van der Waals surface area contributed by atoms with Crippen LogP contribution in [0.3, 0.4) is 0 Å². The van der Waals surface area contributed by atoms with Gasteiger partial charge in [-0.1, -0.05) is 17.7 Å². The van der Waals surface area contributed by atoms with E-state index >= 15 is 0 Å². The molecule has 0 aliphatic rings. The van der Waals surface area contributed by atoms with Crippen LogP contribution in [-0.2, 0) is 16.4 Å². The summed E-state index contributed by atoms with van der Waals surface area (Å²) in [7, 11) is -3.51. The lowest BCUT2D eigenvalue weighted by atomic mass is 10.1. The monoisotopic (exact) mass is 288 g/mol. The van der Waals surface area contributed by atoms with E-state index in [1.54, 1.807) is 42.7 Å². The Bertz CT molecular complexity index is 722. The van der Waals surface area contributed by atoms with Crippen molar-refractivity contribution in [2.75, 3.05) is 0 Å². The van der Waals surface area contributed by atoms with Crippen LogP contribution in [0.4, 0.5) is 0 Å². The summed E-state index contributed by atoms with van der Waals surface area (Å²) in [6.45, 7) is 1.92. The van der Waals surface area contributed by atoms with E-state index in [1.807, 2.05) is 6.92 Å². The fraction of sp³-hybridized carbons (Fsp3) is 0.267. The molecule has 0 aliphatic heterocycles. The van der Waals surface area contributed by atoms with Gasteiger partial charge in [-0.15, -0.1) is 0 Å². The second-order valence-electron chi connectivity index (χ2n) is 4.68. The van der Waals surface area contributed by atoms with Gasteiger partial charge in [-0.2, -0.15) is 5.26 Å². The summed E-state index contributed by atoms with van der Waals surface area (Å²) >= 11 is 0. The summed E-state index contributed by atoms with van der Waals surface area (Å²) in [5.41, 5.74) is 1.95. The number of hydrogen-bond acceptors (Lipinski definition) is 3. The zero-order valence-electron chi connectivity index (χ0n) is 11.3. The third-order valence-corrected chi connectivity index (χ3v) is 4.73. The summed E-state index contributed by atoms with van der Waals surface area (Å²) < 4.78 is 26.0. The molecule has 0 aliphatic carbocycles. The molecule has 1 aromatic heterocycles. The molecule has 0 spiro atoms. The van der Waals surface area contributed by atoms with Crippen LogP contribution in [0.15, 0.2) is 47.6 Å². The van der Waals surface area contributed by atoms with Crippen molar-refractivity contribution in [3.05, 3.63) is 53.9 Å². The molecule has 0 unspecified atom stereocenters. The maximum Gasteiger partial charge on any atom is 0.267 e. The molecule has 0 radical (unpaired) electrons. The van der Waals surface area contributed by atoms with Crippen molar-refractivity contribution in [1.29, 1.82) is 5.26 Å². The van der Waals surface area contributed by atoms with Crippen LogP contribution in [0.1, 0.15) is 24.0 Å². The Kier molecular flexibility index (Phi) is 4.26. The number of nitriles is 1. The predicted octanol–water partition coefficient (Wildman–Crippen LogP) is 2.88. The molecule has 0 saturated carbocycles. The van der Waals surface area contributed by atoms with Crippen LogP contribution in [-0.4, -0.2) is 12.4 Å². The highest BCUT2D eigenvalue weighted by molar-refractivity contribution is 7.90. The first-order valence-electron chi connectivity index (χ1n) is 6.40. The highest BCUT2D eigenvalue weighted by Crippen LogP contribution is 2.16. The molecule has 1 heterocycles.